The number of nitrogens with zero attached hydrogens (tertiary/aromatic N) is 4. The fourth-order valence-corrected chi connectivity index (χ4v) is 8.85. The summed E-state index contributed by atoms with van der Waals surface area (Å²) in [5, 5.41) is 4.36. The summed E-state index contributed by atoms with van der Waals surface area (Å²) in [6.07, 6.45) is 1.91. The fourth-order valence-electron chi connectivity index (χ4n) is 8.85. The van der Waals surface area contributed by atoms with Crippen molar-refractivity contribution in [3.8, 4) is 28.4 Å². The maximum Gasteiger partial charge on any atom is 0.136 e. The number of hydrogen-bond acceptors (Lipinski definition) is 5. The Balaban J connectivity index is 0.00000445. The van der Waals surface area contributed by atoms with Crippen molar-refractivity contribution >= 4 is 66.5 Å². The van der Waals surface area contributed by atoms with Gasteiger partial charge in [0.15, 0.2) is 0 Å². The van der Waals surface area contributed by atoms with Gasteiger partial charge in [-0.1, -0.05) is 87.0 Å². The monoisotopic (exact) mass is 972 g/mol. The average molecular weight is 973 g/mol. The van der Waals surface area contributed by atoms with Crippen molar-refractivity contribution in [3.63, 3.8) is 0 Å². The minimum Gasteiger partial charge on any atom is -0.509 e. The van der Waals surface area contributed by atoms with E-state index in [1.54, 1.807) is 0 Å². The Morgan fingerprint density at radius 2 is 1.31 bits per heavy atom. The summed E-state index contributed by atoms with van der Waals surface area (Å²) in [7, 11) is 0. The molecule has 7 heteroatoms. The summed E-state index contributed by atoms with van der Waals surface area (Å²) in [4.78, 5) is 9.38. The number of fused-ring (bicyclic) bond motifs is 7. The van der Waals surface area contributed by atoms with Gasteiger partial charge >= 0.3 is 0 Å². The van der Waals surface area contributed by atoms with Gasteiger partial charge in [-0.15, -0.1) is 48.1 Å². The van der Waals surface area contributed by atoms with Gasteiger partial charge in [-0.2, -0.15) is 12.1 Å². The maximum atomic E-state index is 6.68. The zero-order valence-corrected chi connectivity index (χ0v) is 36.7. The van der Waals surface area contributed by atoms with Crippen LogP contribution in [0.4, 0.5) is 22.7 Å². The molecular formula is C54H41N4O2Pt-3. The normalized spacial score (nSPS) is 12.7. The number of rotatable bonds is 6. The summed E-state index contributed by atoms with van der Waals surface area (Å²) >= 11 is 0. The Morgan fingerprint density at radius 3 is 2.11 bits per heavy atom. The van der Waals surface area contributed by atoms with Gasteiger partial charge in [0.2, 0.25) is 0 Å². The molecule has 0 fully saturated rings. The molecule has 0 unspecified atom stereocenters. The molecule has 0 saturated carbocycles. The number of pyridine rings is 1. The molecule has 1 aliphatic rings. The molecule has 302 valence electrons. The van der Waals surface area contributed by atoms with Gasteiger partial charge in [0, 0.05) is 72.1 Å². The molecule has 7 aromatic carbocycles. The second-order valence-electron chi connectivity index (χ2n) is 16.7. The number of para-hydroxylation sites is 3. The standard InChI is InChI=1S/C54H41N4O2.Pt/c1-34-27-35(2)29-38(28-34)57-33-56(45-18-7-8-19-46(45)57)37-13-10-14-39(31-37)59-40-23-24-43-48(32-40)58(51-30-36(25-26-55-51)54(3,4)5)47-20-11-16-41(52(43)47)42-17-12-22-50-53(42)44-15-6-9-21-49(44)60-50;/h6-30,33H,1-5H3;/q-3;. The predicted octanol–water partition coefficient (Wildman–Crippen LogP) is 14.5. The van der Waals surface area contributed by atoms with Crippen LogP contribution >= 0.6 is 0 Å². The molecule has 61 heavy (non-hydrogen) atoms. The van der Waals surface area contributed by atoms with E-state index in [4.69, 9.17) is 14.1 Å². The number of aryl methyl sites for hydroxylation is 2. The van der Waals surface area contributed by atoms with Crippen LogP contribution < -0.4 is 14.5 Å². The van der Waals surface area contributed by atoms with Crippen molar-refractivity contribution in [2.75, 3.05) is 9.80 Å². The number of anilines is 4. The second-order valence-corrected chi connectivity index (χ2v) is 16.7. The van der Waals surface area contributed by atoms with Crippen molar-refractivity contribution in [2.24, 2.45) is 0 Å². The first-order valence-electron chi connectivity index (χ1n) is 20.4. The van der Waals surface area contributed by atoms with Crippen LogP contribution in [0, 0.1) is 32.6 Å². The molecular weight excluding hydrogens is 932 g/mol. The van der Waals surface area contributed by atoms with E-state index in [0.717, 1.165) is 83.4 Å². The van der Waals surface area contributed by atoms with Crippen molar-refractivity contribution in [1.29, 1.82) is 0 Å². The van der Waals surface area contributed by atoms with Crippen molar-refractivity contribution in [2.45, 2.75) is 40.0 Å². The predicted molar refractivity (Wildman–Crippen MR) is 245 cm³/mol. The Morgan fingerprint density at radius 1 is 0.623 bits per heavy atom. The fraction of sp³-hybridized carbons (Fsp3) is 0.111. The SMILES string of the molecule is Cc1cc(C)cc(N2[CH-]N(c3[c-]c(Oc4[c-]c5c(cc4)c4c(-c6cccc7oc8ccccc8c67)cccc4n5-c4cc(C(C)(C)C)ccn4)ccc3)c3ccccc32)c1.[Pt]. The van der Waals surface area contributed by atoms with E-state index in [1.165, 1.54) is 16.7 Å². The van der Waals surface area contributed by atoms with Gasteiger partial charge in [-0.05, 0) is 107 Å². The Hall–Kier alpha value is -6.62. The Bertz CT molecular complexity index is 3300. The molecule has 0 amide bonds. The summed E-state index contributed by atoms with van der Waals surface area (Å²) in [5.41, 5.74) is 13.6. The number of benzene rings is 7. The van der Waals surface area contributed by atoms with Crippen LogP contribution in [0.15, 0.2) is 156 Å². The van der Waals surface area contributed by atoms with Gasteiger partial charge < -0.3 is 23.5 Å². The van der Waals surface area contributed by atoms with Crippen molar-refractivity contribution in [1.82, 2.24) is 9.55 Å². The Labute approximate surface area is 369 Å². The number of ether oxygens (including phenoxy) is 1. The minimum atomic E-state index is -0.0677. The van der Waals surface area contributed by atoms with E-state index < -0.39 is 0 Å². The van der Waals surface area contributed by atoms with Gasteiger partial charge in [0.05, 0.1) is 0 Å². The molecule has 0 spiro atoms. The molecule has 11 rings (SSSR count). The summed E-state index contributed by atoms with van der Waals surface area (Å²) in [6.45, 7) is 13.1. The third-order valence-corrected chi connectivity index (χ3v) is 11.6. The summed E-state index contributed by atoms with van der Waals surface area (Å²) in [5.74, 6) is 2.00. The van der Waals surface area contributed by atoms with Gasteiger partial charge in [0.1, 0.15) is 17.0 Å². The summed E-state index contributed by atoms with van der Waals surface area (Å²) < 4.78 is 15.3. The topological polar surface area (TPSA) is 46.7 Å². The molecule has 3 aromatic heterocycles. The smallest absolute Gasteiger partial charge is 0.136 e. The van der Waals surface area contributed by atoms with Gasteiger partial charge in [-0.3, -0.25) is 0 Å². The van der Waals surface area contributed by atoms with E-state index in [2.05, 4.69) is 183 Å². The number of hydrogen-bond donors (Lipinski definition) is 0. The van der Waals surface area contributed by atoms with E-state index in [1.807, 2.05) is 36.5 Å². The number of furan rings is 1. The largest absolute Gasteiger partial charge is 0.509 e. The molecule has 0 aliphatic carbocycles. The van der Waals surface area contributed by atoms with Crippen LogP contribution in [0.2, 0.25) is 0 Å². The zero-order chi connectivity index (χ0) is 40.7. The zero-order valence-electron chi connectivity index (χ0n) is 34.4. The van der Waals surface area contributed by atoms with E-state index in [-0.39, 0.29) is 26.5 Å². The van der Waals surface area contributed by atoms with Crippen LogP contribution in [-0.2, 0) is 26.5 Å². The van der Waals surface area contributed by atoms with Crippen molar-refractivity contribution < 1.29 is 30.2 Å². The van der Waals surface area contributed by atoms with Crippen LogP contribution in [0.5, 0.6) is 11.5 Å². The first-order valence-corrected chi connectivity index (χ1v) is 20.4. The van der Waals surface area contributed by atoms with E-state index in [9.17, 15) is 0 Å². The quantitative estimate of drug-likeness (QED) is 0.155. The average Bonchev–Trinajstić information content (AvgIpc) is 3.93. The van der Waals surface area contributed by atoms with E-state index in [0.29, 0.717) is 11.5 Å². The molecule has 10 aromatic rings. The van der Waals surface area contributed by atoms with Crippen LogP contribution in [-0.4, -0.2) is 9.55 Å². The van der Waals surface area contributed by atoms with Crippen LogP contribution in [0.1, 0.15) is 37.5 Å². The first-order chi connectivity index (χ1) is 29.2. The summed E-state index contributed by atoms with van der Waals surface area (Å²) in [6, 6.07) is 58.0. The van der Waals surface area contributed by atoms with Gasteiger partial charge in [0.25, 0.3) is 0 Å². The minimum absolute atomic E-state index is 0. The molecule has 0 saturated heterocycles. The van der Waals surface area contributed by atoms with Gasteiger partial charge in [-0.25, -0.2) is 4.98 Å². The molecule has 0 atom stereocenters. The molecule has 4 heterocycles. The second kappa shape index (κ2) is 14.8. The van der Waals surface area contributed by atoms with Crippen LogP contribution in [0.25, 0.3) is 60.7 Å². The first kappa shape index (κ1) is 38.6. The third kappa shape index (κ3) is 6.58. The molecule has 1 aliphatic heterocycles. The number of aromatic nitrogens is 2. The maximum absolute atomic E-state index is 6.68. The molecule has 6 nitrogen and oxygen atoms in total. The molecule has 0 bridgehead atoms. The molecule has 0 radical (unpaired) electrons. The Kier molecular flexibility index (Phi) is 9.38. The van der Waals surface area contributed by atoms with E-state index >= 15 is 0 Å². The molecule has 0 N–H and O–H groups in total. The third-order valence-electron chi connectivity index (χ3n) is 11.6. The van der Waals surface area contributed by atoms with Crippen LogP contribution in [0.3, 0.4) is 0 Å². The van der Waals surface area contributed by atoms with Crippen molar-refractivity contribution in [3.05, 3.63) is 187 Å².